The van der Waals surface area contributed by atoms with Crippen LogP contribution in [0.4, 0.5) is 5.88 Å². The summed E-state index contributed by atoms with van der Waals surface area (Å²) in [5.74, 6) is 0.500. The molecule has 6 nitrogen and oxygen atoms in total. The molecule has 19 heavy (non-hydrogen) atoms. The van der Waals surface area contributed by atoms with Gasteiger partial charge in [0.1, 0.15) is 10.7 Å². The number of rotatable bonds is 3. The van der Waals surface area contributed by atoms with Crippen LogP contribution in [-0.2, 0) is 0 Å². The fourth-order valence-corrected chi connectivity index (χ4v) is 2.68. The minimum absolute atomic E-state index is 0.0386. The van der Waals surface area contributed by atoms with Gasteiger partial charge >= 0.3 is 5.88 Å². The normalized spacial score (nSPS) is 19.3. The molecule has 1 N–H and O–H groups in total. The average Bonchev–Trinajstić information content (AvgIpc) is 2.78. The average molecular weight is 267 g/mol. The first-order valence-corrected chi connectivity index (χ1v) is 6.58. The molecule has 1 saturated heterocycles. The van der Waals surface area contributed by atoms with Gasteiger partial charge in [0.15, 0.2) is 0 Å². The second-order valence-corrected chi connectivity index (χ2v) is 5.99. The van der Waals surface area contributed by atoms with Gasteiger partial charge in [-0.1, -0.05) is 20.8 Å². The number of nitro groups is 1. The largest absolute Gasteiger partial charge is 0.433 e. The molecule has 6 heteroatoms. The molecule has 2 heterocycles. The summed E-state index contributed by atoms with van der Waals surface area (Å²) in [5.41, 5.74) is -0.0386. The van der Waals surface area contributed by atoms with E-state index in [0.29, 0.717) is 5.76 Å². The molecule has 0 saturated carbocycles. The van der Waals surface area contributed by atoms with E-state index in [0.717, 1.165) is 26.2 Å². The maximum atomic E-state index is 10.8. The predicted molar refractivity (Wildman–Crippen MR) is 72.0 cm³/mol. The Bertz CT molecular complexity index is 444. The topological polar surface area (TPSA) is 71.5 Å². The molecule has 1 atom stereocenters. The summed E-state index contributed by atoms with van der Waals surface area (Å²) in [6, 6.07) is 3.23. The van der Waals surface area contributed by atoms with Crippen LogP contribution in [0.3, 0.4) is 0 Å². The van der Waals surface area contributed by atoms with Gasteiger partial charge < -0.3 is 9.73 Å². The molecule has 0 radical (unpaired) electrons. The molecule has 1 aromatic rings. The van der Waals surface area contributed by atoms with Crippen molar-refractivity contribution in [3.8, 4) is 0 Å². The zero-order valence-electron chi connectivity index (χ0n) is 11.7. The van der Waals surface area contributed by atoms with E-state index < -0.39 is 4.92 Å². The molecule has 0 bridgehead atoms. The summed E-state index contributed by atoms with van der Waals surface area (Å²) in [7, 11) is 0. The van der Waals surface area contributed by atoms with Gasteiger partial charge in [-0.15, -0.1) is 0 Å². The highest BCUT2D eigenvalue weighted by molar-refractivity contribution is 5.21. The van der Waals surface area contributed by atoms with Gasteiger partial charge in [0.05, 0.1) is 12.1 Å². The van der Waals surface area contributed by atoms with Gasteiger partial charge in [0.25, 0.3) is 0 Å². The quantitative estimate of drug-likeness (QED) is 0.671. The lowest BCUT2D eigenvalue weighted by molar-refractivity contribution is -0.402. The summed E-state index contributed by atoms with van der Waals surface area (Å²) in [5, 5.41) is 14.1. The standard InChI is InChI=1S/C13H21N3O3/c1-13(2,3)12(15-8-6-14-7-9-15)10-4-5-11(19-10)16(17)18/h4-5,12,14H,6-9H2,1-3H3/t12-/m1/s1. The first-order chi connectivity index (χ1) is 8.89. The third-order valence-electron chi connectivity index (χ3n) is 3.40. The van der Waals surface area contributed by atoms with Crippen molar-refractivity contribution in [2.75, 3.05) is 26.2 Å². The summed E-state index contributed by atoms with van der Waals surface area (Å²) in [6.07, 6.45) is 0. The first-order valence-electron chi connectivity index (χ1n) is 6.58. The molecule has 0 aromatic carbocycles. The van der Waals surface area contributed by atoms with Crippen molar-refractivity contribution in [1.29, 1.82) is 0 Å². The molecule has 1 aliphatic rings. The second-order valence-electron chi connectivity index (χ2n) is 5.99. The lowest BCUT2D eigenvalue weighted by Crippen LogP contribution is -2.48. The van der Waals surface area contributed by atoms with Gasteiger partial charge in [-0.05, 0) is 11.5 Å². The van der Waals surface area contributed by atoms with Crippen LogP contribution in [0.1, 0.15) is 32.6 Å². The summed E-state index contributed by atoms with van der Waals surface area (Å²) in [4.78, 5) is 12.6. The predicted octanol–water partition coefficient (Wildman–Crippen LogP) is 2.18. The van der Waals surface area contributed by atoms with Crippen molar-refractivity contribution < 1.29 is 9.34 Å². The Balaban J connectivity index is 2.28. The Morgan fingerprint density at radius 1 is 1.37 bits per heavy atom. The van der Waals surface area contributed by atoms with Gasteiger partial charge in [-0.25, -0.2) is 0 Å². The summed E-state index contributed by atoms with van der Waals surface area (Å²) < 4.78 is 5.43. The van der Waals surface area contributed by atoms with E-state index in [9.17, 15) is 10.1 Å². The molecular weight excluding hydrogens is 246 g/mol. The fraction of sp³-hybridized carbons (Fsp3) is 0.692. The number of hydrogen-bond acceptors (Lipinski definition) is 5. The van der Waals surface area contributed by atoms with Crippen LogP contribution in [0.15, 0.2) is 16.5 Å². The van der Waals surface area contributed by atoms with Gasteiger partial charge in [-0.3, -0.25) is 15.0 Å². The zero-order chi connectivity index (χ0) is 14.0. The highest BCUT2D eigenvalue weighted by atomic mass is 16.6. The van der Waals surface area contributed by atoms with E-state index in [1.54, 1.807) is 6.07 Å². The molecular formula is C13H21N3O3. The summed E-state index contributed by atoms with van der Waals surface area (Å²) >= 11 is 0. The van der Waals surface area contributed by atoms with Crippen LogP contribution in [0.25, 0.3) is 0 Å². The van der Waals surface area contributed by atoms with E-state index in [4.69, 9.17) is 4.42 Å². The van der Waals surface area contributed by atoms with Crippen molar-refractivity contribution in [3.05, 3.63) is 28.0 Å². The number of piperazine rings is 1. The molecule has 1 fully saturated rings. The van der Waals surface area contributed by atoms with Gasteiger partial charge in [-0.2, -0.15) is 0 Å². The Labute approximate surface area is 112 Å². The molecule has 2 rings (SSSR count). The lowest BCUT2D eigenvalue weighted by atomic mass is 9.84. The van der Waals surface area contributed by atoms with Crippen molar-refractivity contribution in [2.45, 2.75) is 26.8 Å². The van der Waals surface area contributed by atoms with Crippen LogP contribution in [-0.4, -0.2) is 36.0 Å². The first kappa shape index (κ1) is 14.0. The number of nitrogens with zero attached hydrogens (tertiary/aromatic N) is 2. The Hall–Kier alpha value is -1.40. The number of nitrogens with one attached hydrogen (secondary N) is 1. The lowest BCUT2D eigenvalue weighted by Gasteiger charge is -2.40. The fourth-order valence-electron chi connectivity index (χ4n) is 2.68. The van der Waals surface area contributed by atoms with Crippen molar-refractivity contribution in [1.82, 2.24) is 10.2 Å². The minimum Gasteiger partial charge on any atom is -0.404 e. The molecule has 0 aliphatic carbocycles. The van der Waals surface area contributed by atoms with Crippen LogP contribution in [0.5, 0.6) is 0 Å². The van der Waals surface area contributed by atoms with Crippen LogP contribution in [0.2, 0.25) is 0 Å². The SMILES string of the molecule is CC(C)(C)[C@@H](c1ccc([N+](=O)[O-])o1)N1CCNCC1. The van der Waals surface area contributed by atoms with Crippen LogP contribution >= 0.6 is 0 Å². The van der Waals surface area contributed by atoms with E-state index in [1.165, 1.54) is 6.07 Å². The Morgan fingerprint density at radius 2 is 2.00 bits per heavy atom. The molecule has 0 amide bonds. The maximum absolute atomic E-state index is 10.8. The van der Waals surface area contributed by atoms with E-state index in [2.05, 4.69) is 31.0 Å². The van der Waals surface area contributed by atoms with Gasteiger partial charge in [0.2, 0.25) is 0 Å². The molecule has 106 valence electrons. The zero-order valence-corrected chi connectivity index (χ0v) is 11.7. The van der Waals surface area contributed by atoms with E-state index in [-0.39, 0.29) is 17.3 Å². The molecule has 1 aromatic heterocycles. The van der Waals surface area contributed by atoms with E-state index >= 15 is 0 Å². The van der Waals surface area contributed by atoms with Crippen molar-refractivity contribution in [2.24, 2.45) is 5.41 Å². The summed E-state index contributed by atoms with van der Waals surface area (Å²) in [6.45, 7) is 10.1. The Morgan fingerprint density at radius 3 is 2.47 bits per heavy atom. The molecule has 1 aliphatic heterocycles. The highest BCUT2D eigenvalue weighted by Gasteiger charge is 2.35. The van der Waals surface area contributed by atoms with Crippen molar-refractivity contribution >= 4 is 5.88 Å². The van der Waals surface area contributed by atoms with Crippen LogP contribution in [0, 0.1) is 15.5 Å². The molecule has 0 spiro atoms. The monoisotopic (exact) mass is 267 g/mol. The maximum Gasteiger partial charge on any atom is 0.433 e. The second kappa shape index (κ2) is 5.30. The Kier molecular flexibility index (Phi) is 3.91. The van der Waals surface area contributed by atoms with Gasteiger partial charge in [0, 0.05) is 26.2 Å². The highest BCUT2D eigenvalue weighted by Crippen LogP contribution is 2.39. The van der Waals surface area contributed by atoms with E-state index in [1.807, 2.05) is 0 Å². The van der Waals surface area contributed by atoms with Crippen LogP contribution < -0.4 is 5.32 Å². The third kappa shape index (κ3) is 3.13. The minimum atomic E-state index is -0.485. The third-order valence-corrected chi connectivity index (χ3v) is 3.40. The molecule has 0 unspecified atom stereocenters. The smallest absolute Gasteiger partial charge is 0.404 e. The van der Waals surface area contributed by atoms with Crippen molar-refractivity contribution in [3.63, 3.8) is 0 Å². The number of hydrogen-bond donors (Lipinski definition) is 1. The number of furan rings is 1.